The fraction of sp³-hybridized carbons (Fsp3) is 0.733. The number of rotatable bonds is 6. The molecule has 1 amide bonds. The van der Waals surface area contributed by atoms with Gasteiger partial charge in [-0.15, -0.1) is 0 Å². The number of hydrogen-bond acceptors (Lipinski definition) is 4. The van der Waals surface area contributed by atoms with Crippen LogP contribution in [0.25, 0.3) is 0 Å². The number of amides is 1. The van der Waals surface area contributed by atoms with Gasteiger partial charge >= 0.3 is 0 Å². The second-order valence-electron chi connectivity index (χ2n) is 5.59. The minimum absolute atomic E-state index is 0.0147. The molecule has 0 spiro atoms. The van der Waals surface area contributed by atoms with Crippen LogP contribution in [0.1, 0.15) is 23.4 Å². The maximum atomic E-state index is 12.6. The molecule has 1 aromatic heterocycles. The molecule has 0 aliphatic carbocycles. The largest absolute Gasteiger partial charge is 0.383 e. The first-order valence-electron chi connectivity index (χ1n) is 7.39. The Labute approximate surface area is 126 Å². The van der Waals surface area contributed by atoms with Crippen LogP contribution in [0.4, 0.5) is 0 Å². The lowest BCUT2D eigenvalue weighted by Gasteiger charge is -2.25. The van der Waals surface area contributed by atoms with Gasteiger partial charge in [0, 0.05) is 45.1 Å². The average molecular weight is 295 g/mol. The van der Waals surface area contributed by atoms with Gasteiger partial charge in [-0.2, -0.15) is 5.10 Å². The summed E-state index contributed by atoms with van der Waals surface area (Å²) in [5.41, 5.74) is 3.21. The molecule has 0 saturated carbocycles. The monoisotopic (exact) mass is 295 g/mol. The van der Waals surface area contributed by atoms with E-state index >= 15 is 0 Å². The van der Waals surface area contributed by atoms with Crippen LogP contribution >= 0.6 is 0 Å². The van der Waals surface area contributed by atoms with Crippen LogP contribution in [0.2, 0.25) is 0 Å². The zero-order chi connectivity index (χ0) is 15.4. The van der Waals surface area contributed by atoms with Crippen molar-refractivity contribution in [3.05, 3.63) is 17.0 Å². The molecule has 1 aliphatic rings. The summed E-state index contributed by atoms with van der Waals surface area (Å²) in [4.78, 5) is 14.5. The maximum absolute atomic E-state index is 12.6. The first kappa shape index (κ1) is 16.0. The molecular weight excluding hydrogens is 270 g/mol. The van der Waals surface area contributed by atoms with Gasteiger partial charge in [0.05, 0.1) is 24.8 Å². The van der Waals surface area contributed by atoms with Gasteiger partial charge in [-0.25, -0.2) is 0 Å². The third-order valence-corrected chi connectivity index (χ3v) is 4.16. The second kappa shape index (κ2) is 7.04. The quantitative estimate of drug-likeness (QED) is 0.787. The van der Waals surface area contributed by atoms with Crippen LogP contribution in [0.15, 0.2) is 0 Å². The SMILES string of the molecule is COCCN(Cc1c(C)nn(C)c1C)C(=O)C1CCOC1. The number of carbonyl (C=O) groups is 1. The van der Waals surface area contributed by atoms with Gasteiger partial charge in [0.25, 0.3) is 0 Å². The second-order valence-corrected chi connectivity index (χ2v) is 5.59. The van der Waals surface area contributed by atoms with Crippen LogP contribution in [0, 0.1) is 19.8 Å². The van der Waals surface area contributed by atoms with Crippen molar-refractivity contribution >= 4 is 5.91 Å². The minimum Gasteiger partial charge on any atom is -0.383 e. The number of nitrogens with zero attached hydrogens (tertiary/aromatic N) is 3. The first-order valence-corrected chi connectivity index (χ1v) is 7.39. The van der Waals surface area contributed by atoms with Gasteiger partial charge in [-0.3, -0.25) is 9.48 Å². The molecule has 0 bridgehead atoms. The van der Waals surface area contributed by atoms with Gasteiger partial charge < -0.3 is 14.4 Å². The lowest BCUT2D eigenvalue weighted by atomic mass is 10.1. The number of carbonyl (C=O) groups excluding carboxylic acids is 1. The Morgan fingerprint density at radius 1 is 1.52 bits per heavy atom. The van der Waals surface area contributed by atoms with Gasteiger partial charge in [0.1, 0.15) is 0 Å². The molecule has 1 fully saturated rings. The van der Waals surface area contributed by atoms with Crippen molar-refractivity contribution in [2.45, 2.75) is 26.8 Å². The number of hydrogen-bond donors (Lipinski definition) is 0. The topological polar surface area (TPSA) is 56.6 Å². The predicted octanol–water partition coefficient (Wildman–Crippen LogP) is 1.05. The summed E-state index contributed by atoms with van der Waals surface area (Å²) < 4.78 is 12.3. The van der Waals surface area contributed by atoms with Gasteiger partial charge in [-0.1, -0.05) is 0 Å². The summed E-state index contributed by atoms with van der Waals surface area (Å²) in [6.45, 7) is 6.96. The summed E-state index contributed by atoms with van der Waals surface area (Å²) in [5.74, 6) is 0.145. The lowest BCUT2D eigenvalue weighted by Crippen LogP contribution is -2.38. The van der Waals surface area contributed by atoms with Crippen LogP contribution in [0.5, 0.6) is 0 Å². The molecule has 1 aromatic rings. The molecule has 1 aliphatic heterocycles. The first-order chi connectivity index (χ1) is 10.0. The molecule has 1 unspecified atom stereocenters. The van der Waals surface area contributed by atoms with E-state index in [1.165, 1.54) is 0 Å². The predicted molar refractivity (Wildman–Crippen MR) is 78.9 cm³/mol. The smallest absolute Gasteiger partial charge is 0.228 e. The van der Waals surface area contributed by atoms with Crippen LogP contribution in [-0.2, 0) is 27.9 Å². The van der Waals surface area contributed by atoms with E-state index in [0.29, 0.717) is 32.9 Å². The normalized spacial score (nSPS) is 18.2. The van der Waals surface area contributed by atoms with E-state index in [2.05, 4.69) is 5.10 Å². The van der Waals surface area contributed by atoms with E-state index in [1.54, 1.807) is 7.11 Å². The highest BCUT2D eigenvalue weighted by Crippen LogP contribution is 2.20. The van der Waals surface area contributed by atoms with Gasteiger partial charge in [-0.05, 0) is 20.3 Å². The standard InChI is InChI=1S/C15H25N3O3/c1-11-14(12(2)17(3)16-11)9-18(6-8-20-4)15(19)13-5-7-21-10-13/h13H,5-10H2,1-4H3. The highest BCUT2D eigenvalue weighted by molar-refractivity contribution is 5.79. The van der Waals surface area contributed by atoms with Crippen LogP contribution < -0.4 is 0 Å². The fourth-order valence-corrected chi connectivity index (χ4v) is 2.69. The summed E-state index contributed by atoms with van der Waals surface area (Å²) in [5, 5.41) is 4.42. The summed E-state index contributed by atoms with van der Waals surface area (Å²) in [6, 6.07) is 0. The Morgan fingerprint density at radius 2 is 2.29 bits per heavy atom. The Bertz CT molecular complexity index is 493. The van der Waals surface area contributed by atoms with Crippen molar-refractivity contribution in [3.63, 3.8) is 0 Å². The average Bonchev–Trinajstić information content (AvgIpc) is 3.06. The number of methoxy groups -OCH3 is 1. The van der Waals surface area contributed by atoms with Crippen molar-refractivity contribution in [3.8, 4) is 0 Å². The Hall–Kier alpha value is -1.40. The molecule has 6 heteroatoms. The molecule has 0 aromatic carbocycles. The number of aryl methyl sites for hydroxylation is 2. The van der Waals surface area contributed by atoms with Crippen LogP contribution in [-0.4, -0.2) is 54.1 Å². The molecule has 2 rings (SSSR count). The van der Waals surface area contributed by atoms with E-state index in [0.717, 1.165) is 23.4 Å². The zero-order valence-corrected chi connectivity index (χ0v) is 13.4. The van der Waals surface area contributed by atoms with Gasteiger partial charge in [0.15, 0.2) is 0 Å². The molecule has 6 nitrogen and oxygen atoms in total. The van der Waals surface area contributed by atoms with Crippen molar-refractivity contribution in [1.82, 2.24) is 14.7 Å². The minimum atomic E-state index is -0.0147. The molecular formula is C15H25N3O3. The van der Waals surface area contributed by atoms with E-state index in [4.69, 9.17) is 9.47 Å². The van der Waals surface area contributed by atoms with E-state index in [9.17, 15) is 4.79 Å². The van der Waals surface area contributed by atoms with Crippen molar-refractivity contribution in [2.24, 2.45) is 13.0 Å². The Morgan fingerprint density at radius 3 is 2.81 bits per heavy atom. The Balaban J connectivity index is 2.13. The number of aromatic nitrogens is 2. The molecule has 1 atom stereocenters. The summed E-state index contributed by atoms with van der Waals surface area (Å²) >= 11 is 0. The highest BCUT2D eigenvalue weighted by atomic mass is 16.5. The third-order valence-electron chi connectivity index (χ3n) is 4.16. The third kappa shape index (κ3) is 3.63. The maximum Gasteiger partial charge on any atom is 0.228 e. The van der Waals surface area contributed by atoms with Crippen molar-refractivity contribution < 1.29 is 14.3 Å². The molecule has 21 heavy (non-hydrogen) atoms. The Kier molecular flexibility index (Phi) is 5.36. The highest BCUT2D eigenvalue weighted by Gasteiger charge is 2.28. The van der Waals surface area contributed by atoms with Gasteiger partial charge in [0.2, 0.25) is 5.91 Å². The zero-order valence-electron chi connectivity index (χ0n) is 13.4. The van der Waals surface area contributed by atoms with E-state index in [-0.39, 0.29) is 11.8 Å². The summed E-state index contributed by atoms with van der Waals surface area (Å²) in [6.07, 6.45) is 0.813. The number of ether oxygens (including phenoxy) is 2. The van der Waals surface area contributed by atoms with Crippen molar-refractivity contribution in [1.29, 1.82) is 0 Å². The lowest BCUT2D eigenvalue weighted by molar-refractivity contribution is -0.136. The molecule has 2 heterocycles. The molecule has 1 saturated heterocycles. The van der Waals surface area contributed by atoms with Crippen molar-refractivity contribution in [2.75, 3.05) is 33.5 Å². The fourth-order valence-electron chi connectivity index (χ4n) is 2.69. The van der Waals surface area contributed by atoms with E-state index in [1.807, 2.05) is 30.5 Å². The molecule has 0 radical (unpaired) electrons. The van der Waals surface area contributed by atoms with Crippen LogP contribution in [0.3, 0.4) is 0 Å². The molecule has 0 N–H and O–H groups in total. The summed E-state index contributed by atoms with van der Waals surface area (Å²) in [7, 11) is 3.58. The molecule has 118 valence electrons. The van der Waals surface area contributed by atoms with E-state index < -0.39 is 0 Å².